The van der Waals surface area contributed by atoms with Crippen LogP contribution in [0, 0.1) is 0 Å². The molecule has 1 aliphatic rings. The van der Waals surface area contributed by atoms with Crippen molar-refractivity contribution in [3.05, 3.63) is 23.9 Å². The first-order valence-electron chi connectivity index (χ1n) is 6.60. The minimum Gasteiger partial charge on any atom is -0.394 e. The summed E-state index contributed by atoms with van der Waals surface area (Å²) < 4.78 is 0. The van der Waals surface area contributed by atoms with Gasteiger partial charge in [0.25, 0.3) is 5.91 Å². The van der Waals surface area contributed by atoms with Crippen molar-refractivity contribution in [2.45, 2.75) is 31.7 Å². The summed E-state index contributed by atoms with van der Waals surface area (Å²) in [7, 11) is 0. The number of carbonyl (C=O) groups is 1. The molecule has 2 heterocycles. The topological polar surface area (TPSA) is 91.5 Å². The number of hydrogen-bond acceptors (Lipinski definition) is 5. The minimum atomic E-state index is -0.0812. The van der Waals surface area contributed by atoms with Gasteiger partial charge in [-0.1, -0.05) is 12.8 Å². The van der Waals surface area contributed by atoms with E-state index in [0.29, 0.717) is 17.9 Å². The fourth-order valence-electron chi connectivity index (χ4n) is 2.41. The van der Waals surface area contributed by atoms with E-state index >= 15 is 0 Å². The average molecular weight is 264 g/mol. The first-order valence-corrected chi connectivity index (χ1v) is 6.60. The number of aliphatic hydroxyl groups is 1. The van der Waals surface area contributed by atoms with Crippen molar-refractivity contribution in [2.75, 3.05) is 18.6 Å². The number of nitrogen functional groups attached to an aromatic ring is 1. The number of amides is 1. The molecule has 104 valence electrons. The number of anilines is 1. The van der Waals surface area contributed by atoms with E-state index in [1.165, 1.54) is 6.20 Å². The molecule has 0 bridgehead atoms. The highest BCUT2D eigenvalue weighted by atomic mass is 16.3. The smallest absolute Gasteiger partial charge is 0.255 e. The van der Waals surface area contributed by atoms with E-state index in [0.717, 1.165) is 25.7 Å². The molecule has 1 atom stereocenters. The summed E-state index contributed by atoms with van der Waals surface area (Å²) in [6, 6.07) is 3.28. The lowest BCUT2D eigenvalue weighted by atomic mass is 10.1. The van der Waals surface area contributed by atoms with Crippen LogP contribution in [0.15, 0.2) is 18.3 Å². The van der Waals surface area contributed by atoms with E-state index in [4.69, 9.17) is 5.84 Å². The number of carbonyl (C=O) groups excluding carboxylic acids is 1. The lowest BCUT2D eigenvalue weighted by Crippen LogP contribution is -2.42. The van der Waals surface area contributed by atoms with Crippen LogP contribution < -0.4 is 11.3 Å². The van der Waals surface area contributed by atoms with Crippen LogP contribution in [-0.2, 0) is 0 Å². The summed E-state index contributed by atoms with van der Waals surface area (Å²) in [5.41, 5.74) is 2.95. The van der Waals surface area contributed by atoms with Crippen LogP contribution in [0.2, 0.25) is 0 Å². The molecule has 0 saturated carbocycles. The third-order valence-corrected chi connectivity index (χ3v) is 3.51. The fraction of sp³-hybridized carbons (Fsp3) is 0.538. The maximum atomic E-state index is 12.4. The molecule has 0 aromatic carbocycles. The van der Waals surface area contributed by atoms with Gasteiger partial charge in [-0.2, -0.15) is 0 Å². The lowest BCUT2D eigenvalue weighted by molar-refractivity contribution is 0.0599. The first kappa shape index (κ1) is 13.8. The number of rotatable bonds is 3. The van der Waals surface area contributed by atoms with Crippen molar-refractivity contribution < 1.29 is 9.90 Å². The molecule has 0 spiro atoms. The largest absolute Gasteiger partial charge is 0.394 e. The Bertz CT molecular complexity index is 421. The number of nitrogens with zero attached hydrogens (tertiary/aromatic N) is 2. The number of hydrogen-bond donors (Lipinski definition) is 3. The number of nitrogens with two attached hydrogens (primary N) is 1. The van der Waals surface area contributed by atoms with E-state index in [2.05, 4.69) is 10.4 Å². The van der Waals surface area contributed by atoms with Crippen LogP contribution in [0.5, 0.6) is 0 Å². The van der Waals surface area contributed by atoms with Gasteiger partial charge in [0, 0.05) is 12.7 Å². The third kappa shape index (κ3) is 3.21. The van der Waals surface area contributed by atoms with Crippen molar-refractivity contribution in [1.82, 2.24) is 9.88 Å². The number of likely N-dealkylation sites (tertiary alicyclic amines) is 1. The molecule has 1 aliphatic heterocycles. The maximum Gasteiger partial charge on any atom is 0.255 e. The van der Waals surface area contributed by atoms with Gasteiger partial charge in [-0.15, -0.1) is 0 Å². The Kier molecular flexibility index (Phi) is 4.70. The molecule has 1 aromatic rings. The van der Waals surface area contributed by atoms with Gasteiger partial charge in [0.2, 0.25) is 0 Å². The maximum absolute atomic E-state index is 12.4. The predicted molar refractivity (Wildman–Crippen MR) is 72.4 cm³/mol. The zero-order chi connectivity index (χ0) is 13.7. The van der Waals surface area contributed by atoms with Crippen molar-refractivity contribution in [3.8, 4) is 0 Å². The Morgan fingerprint density at radius 2 is 2.32 bits per heavy atom. The molecule has 4 N–H and O–H groups in total. The Labute approximate surface area is 112 Å². The van der Waals surface area contributed by atoms with E-state index in [9.17, 15) is 9.90 Å². The molecule has 1 unspecified atom stereocenters. The van der Waals surface area contributed by atoms with Gasteiger partial charge >= 0.3 is 0 Å². The monoisotopic (exact) mass is 264 g/mol. The van der Waals surface area contributed by atoms with Gasteiger partial charge in [-0.3, -0.25) is 4.79 Å². The normalized spacial score (nSPS) is 19.9. The van der Waals surface area contributed by atoms with Crippen LogP contribution in [0.4, 0.5) is 5.82 Å². The molecular weight excluding hydrogens is 244 g/mol. The number of aliphatic hydroxyl groups excluding tert-OH is 1. The molecule has 1 amide bonds. The molecule has 1 aromatic heterocycles. The Balaban J connectivity index is 2.15. The van der Waals surface area contributed by atoms with Crippen molar-refractivity contribution in [2.24, 2.45) is 5.84 Å². The molecule has 2 rings (SSSR count). The second-order valence-corrected chi connectivity index (χ2v) is 4.76. The highest BCUT2D eigenvalue weighted by Gasteiger charge is 2.25. The Hall–Kier alpha value is -1.66. The zero-order valence-corrected chi connectivity index (χ0v) is 10.9. The lowest BCUT2D eigenvalue weighted by Gasteiger charge is -2.28. The summed E-state index contributed by atoms with van der Waals surface area (Å²) in [6.07, 6.45) is 5.52. The SMILES string of the molecule is NNc1ccc(C(=O)N2CCCCCC2CO)cn1. The van der Waals surface area contributed by atoms with E-state index < -0.39 is 0 Å². The van der Waals surface area contributed by atoms with E-state index in [1.807, 2.05) is 0 Å². The second-order valence-electron chi connectivity index (χ2n) is 4.76. The Morgan fingerprint density at radius 1 is 1.47 bits per heavy atom. The van der Waals surface area contributed by atoms with Gasteiger partial charge in [-0.05, 0) is 25.0 Å². The van der Waals surface area contributed by atoms with Gasteiger partial charge in [0.15, 0.2) is 0 Å². The highest BCUT2D eigenvalue weighted by molar-refractivity contribution is 5.94. The highest BCUT2D eigenvalue weighted by Crippen LogP contribution is 2.19. The van der Waals surface area contributed by atoms with E-state index in [-0.39, 0.29) is 18.6 Å². The van der Waals surface area contributed by atoms with Crippen LogP contribution in [0.25, 0.3) is 0 Å². The molecule has 6 heteroatoms. The summed E-state index contributed by atoms with van der Waals surface area (Å²) in [6.45, 7) is 0.711. The molecule has 1 fully saturated rings. The van der Waals surface area contributed by atoms with Gasteiger partial charge in [0.05, 0.1) is 18.2 Å². The van der Waals surface area contributed by atoms with Crippen LogP contribution in [0.3, 0.4) is 0 Å². The van der Waals surface area contributed by atoms with Crippen LogP contribution in [0.1, 0.15) is 36.0 Å². The number of pyridine rings is 1. The van der Waals surface area contributed by atoms with E-state index in [1.54, 1.807) is 17.0 Å². The molecule has 0 radical (unpaired) electrons. The molecule has 1 saturated heterocycles. The zero-order valence-electron chi connectivity index (χ0n) is 10.9. The summed E-state index contributed by atoms with van der Waals surface area (Å²) >= 11 is 0. The number of aromatic nitrogens is 1. The van der Waals surface area contributed by atoms with Gasteiger partial charge in [-0.25, -0.2) is 10.8 Å². The molecule has 6 nitrogen and oxygen atoms in total. The van der Waals surface area contributed by atoms with Crippen molar-refractivity contribution >= 4 is 11.7 Å². The Morgan fingerprint density at radius 3 is 2.95 bits per heavy atom. The minimum absolute atomic E-state index is 0.0155. The fourth-order valence-corrected chi connectivity index (χ4v) is 2.41. The standard InChI is InChI=1S/C13H20N4O2/c14-16-12-6-5-10(8-15-12)13(19)17-7-3-1-2-4-11(17)9-18/h5-6,8,11,18H,1-4,7,9,14H2,(H,15,16). The van der Waals surface area contributed by atoms with Crippen LogP contribution >= 0.6 is 0 Å². The number of hydrazine groups is 1. The second kappa shape index (κ2) is 6.49. The van der Waals surface area contributed by atoms with Crippen LogP contribution in [-0.4, -0.2) is 40.1 Å². The quantitative estimate of drug-likeness (QED) is 0.553. The van der Waals surface area contributed by atoms with Gasteiger partial charge in [0.1, 0.15) is 5.82 Å². The average Bonchev–Trinajstić information content (AvgIpc) is 2.71. The predicted octanol–water partition coefficient (Wildman–Crippen LogP) is 0.744. The number of nitrogens with one attached hydrogen (secondary N) is 1. The van der Waals surface area contributed by atoms with Crippen molar-refractivity contribution in [1.29, 1.82) is 0 Å². The molecular formula is C13H20N4O2. The summed E-state index contributed by atoms with van der Waals surface area (Å²) in [5, 5.41) is 9.43. The first-order chi connectivity index (χ1) is 9.26. The summed E-state index contributed by atoms with van der Waals surface area (Å²) in [4.78, 5) is 18.2. The third-order valence-electron chi connectivity index (χ3n) is 3.51. The molecule has 0 aliphatic carbocycles. The molecule has 19 heavy (non-hydrogen) atoms. The van der Waals surface area contributed by atoms with Gasteiger partial charge < -0.3 is 15.4 Å². The summed E-state index contributed by atoms with van der Waals surface area (Å²) in [5.74, 6) is 5.69. The van der Waals surface area contributed by atoms with Crippen molar-refractivity contribution in [3.63, 3.8) is 0 Å².